The number of hydrogen-bond donors (Lipinski definition) is 1. The van der Waals surface area contributed by atoms with E-state index in [0.29, 0.717) is 17.0 Å². The summed E-state index contributed by atoms with van der Waals surface area (Å²) in [5.74, 6) is 0.586. The zero-order valence-corrected chi connectivity index (χ0v) is 11.9. The Morgan fingerprint density at radius 2 is 2.24 bits per heavy atom. The van der Waals surface area contributed by atoms with Crippen LogP contribution in [0.4, 0.5) is 8.78 Å². The van der Waals surface area contributed by atoms with Gasteiger partial charge < -0.3 is 14.9 Å². The molecule has 0 fully saturated rings. The predicted octanol–water partition coefficient (Wildman–Crippen LogP) is 3.66. The van der Waals surface area contributed by atoms with Crippen molar-refractivity contribution in [1.29, 1.82) is 0 Å². The number of benzene rings is 1. The van der Waals surface area contributed by atoms with Crippen molar-refractivity contribution in [2.75, 3.05) is 6.54 Å². The number of oxazole rings is 1. The van der Waals surface area contributed by atoms with E-state index >= 15 is 0 Å². The summed E-state index contributed by atoms with van der Waals surface area (Å²) in [6.45, 7) is 4.93. The fourth-order valence-corrected chi connectivity index (χ4v) is 1.79. The molecule has 0 saturated heterocycles. The minimum absolute atomic E-state index is 0.0136. The normalized spacial score (nSPS) is 11.8. The highest BCUT2D eigenvalue weighted by atomic mass is 19.3. The van der Waals surface area contributed by atoms with Crippen LogP contribution < -0.4 is 10.5 Å². The number of fused-ring (bicyclic) bond motifs is 1. The van der Waals surface area contributed by atoms with Crippen molar-refractivity contribution in [3.8, 4) is 5.75 Å². The Bertz CT molecular complexity index is 638. The second-order valence-electron chi connectivity index (χ2n) is 4.77. The second-order valence-corrected chi connectivity index (χ2v) is 4.77. The fourth-order valence-electron chi connectivity index (χ4n) is 1.79. The molecular weight excluding hydrogens is 278 g/mol. The van der Waals surface area contributed by atoms with Crippen LogP contribution in [-0.2, 0) is 6.42 Å². The Kier molecular flexibility index (Phi) is 4.57. The Morgan fingerprint density at radius 3 is 2.90 bits per heavy atom. The summed E-state index contributed by atoms with van der Waals surface area (Å²) in [4.78, 5) is 4.29. The van der Waals surface area contributed by atoms with Gasteiger partial charge in [0.25, 0.3) is 0 Å². The zero-order chi connectivity index (χ0) is 15.5. The van der Waals surface area contributed by atoms with Crippen LogP contribution in [0.15, 0.2) is 34.8 Å². The van der Waals surface area contributed by atoms with Gasteiger partial charge in [-0.15, -0.1) is 0 Å². The number of unbranched alkanes of at least 4 members (excludes halogenated alkanes) is 1. The van der Waals surface area contributed by atoms with Crippen molar-refractivity contribution in [1.82, 2.24) is 4.98 Å². The molecule has 0 amide bonds. The molecule has 2 rings (SSSR count). The van der Waals surface area contributed by atoms with E-state index in [-0.39, 0.29) is 12.3 Å². The first kappa shape index (κ1) is 15.4. The third kappa shape index (κ3) is 3.58. The molecule has 0 radical (unpaired) electrons. The summed E-state index contributed by atoms with van der Waals surface area (Å²) in [5, 5.41) is 0. The summed E-state index contributed by atoms with van der Waals surface area (Å²) < 4.78 is 37.4. The molecule has 0 aliphatic rings. The fraction of sp³-hybridized carbons (Fsp3) is 0.400. The first-order valence-corrected chi connectivity index (χ1v) is 6.81. The molecule has 6 heteroatoms. The van der Waals surface area contributed by atoms with Gasteiger partial charge in [0.2, 0.25) is 0 Å². The van der Waals surface area contributed by atoms with Gasteiger partial charge in [-0.1, -0.05) is 19.9 Å². The first-order valence-electron chi connectivity index (χ1n) is 6.81. The van der Waals surface area contributed by atoms with E-state index in [0.717, 1.165) is 19.3 Å². The molecular formula is C15H18F2N2O2. The third-order valence-electron chi connectivity index (χ3n) is 3.05. The standard InChI is InChI=1S/C15H18F2N2O2/c1-3-4-5-14-19-12-7-6-11(8-13(12)20-14)21-15(16,17)10(2)9-18/h6-8H,2-5,9,18H2,1H3. The summed E-state index contributed by atoms with van der Waals surface area (Å²) in [5.41, 5.74) is 5.73. The molecule has 0 aliphatic carbocycles. The van der Waals surface area contributed by atoms with E-state index < -0.39 is 11.7 Å². The Hall–Kier alpha value is -1.95. The number of aryl methyl sites for hydroxylation is 1. The molecule has 2 aromatic rings. The van der Waals surface area contributed by atoms with Crippen LogP contribution in [0, 0.1) is 0 Å². The highest BCUT2D eigenvalue weighted by Crippen LogP contribution is 2.29. The molecule has 114 valence electrons. The molecule has 2 N–H and O–H groups in total. The van der Waals surface area contributed by atoms with Crippen LogP contribution in [0.5, 0.6) is 5.75 Å². The van der Waals surface area contributed by atoms with Gasteiger partial charge in [0.1, 0.15) is 11.3 Å². The smallest absolute Gasteiger partial charge is 0.423 e. The van der Waals surface area contributed by atoms with E-state index in [1.165, 1.54) is 12.1 Å². The quantitative estimate of drug-likeness (QED) is 0.792. The maximum absolute atomic E-state index is 13.6. The van der Waals surface area contributed by atoms with Crippen LogP contribution in [0.25, 0.3) is 11.1 Å². The van der Waals surface area contributed by atoms with E-state index in [4.69, 9.17) is 10.2 Å². The highest BCUT2D eigenvalue weighted by molar-refractivity contribution is 5.74. The lowest BCUT2D eigenvalue weighted by atomic mass is 10.2. The number of nitrogens with zero attached hydrogens (tertiary/aromatic N) is 1. The zero-order valence-electron chi connectivity index (χ0n) is 11.9. The number of nitrogens with two attached hydrogens (primary N) is 1. The maximum atomic E-state index is 13.6. The molecule has 0 spiro atoms. The molecule has 0 saturated carbocycles. The van der Waals surface area contributed by atoms with Crippen LogP contribution >= 0.6 is 0 Å². The number of aromatic nitrogens is 1. The number of alkyl halides is 2. The van der Waals surface area contributed by atoms with Gasteiger partial charge in [0.15, 0.2) is 11.5 Å². The minimum Gasteiger partial charge on any atom is -0.441 e. The van der Waals surface area contributed by atoms with Crippen LogP contribution in [0.3, 0.4) is 0 Å². The molecule has 1 aromatic carbocycles. The van der Waals surface area contributed by atoms with Crippen molar-refractivity contribution in [3.05, 3.63) is 36.2 Å². The van der Waals surface area contributed by atoms with E-state index in [1.807, 2.05) is 0 Å². The Morgan fingerprint density at radius 1 is 1.48 bits per heavy atom. The number of hydrogen-bond acceptors (Lipinski definition) is 4. The van der Waals surface area contributed by atoms with Crippen LogP contribution in [-0.4, -0.2) is 17.6 Å². The molecule has 0 unspecified atom stereocenters. The van der Waals surface area contributed by atoms with Crippen molar-refractivity contribution in [2.45, 2.75) is 32.3 Å². The molecule has 0 aliphatic heterocycles. The Balaban J connectivity index is 2.20. The summed E-state index contributed by atoms with van der Waals surface area (Å²) in [6, 6.07) is 4.41. The first-order chi connectivity index (χ1) is 9.96. The van der Waals surface area contributed by atoms with Crippen molar-refractivity contribution in [2.24, 2.45) is 5.73 Å². The highest BCUT2D eigenvalue weighted by Gasteiger charge is 2.34. The second kappa shape index (κ2) is 6.22. The number of halogens is 2. The largest absolute Gasteiger partial charge is 0.441 e. The lowest BCUT2D eigenvalue weighted by Crippen LogP contribution is -2.30. The lowest BCUT2D eigenvalue weighted by molar-refractivity contribution is -0.142. The third-order valence-corrected chi connectivity index (χ3v) is 3.05. The summed E-state index contributed by atoms with van der Waals surface area (Å²) in [6.07, 6.45) is -0.792. The Labute approximate surface area is 121 Å². The lowest BCUT2D eigenvalue weighted by Gasteiger charge is -2.18. The van der Waals surface area contributed by atoms with Crippen LogP contribution in [0.2, 0.25) is 0 Å². The molecule has 0 bridgehead atoms. The van der Waals surface area contributed by atoms with Gasteiger partial charge >= 0.3 is 6.11 Å². The monoisotopic (exact) mass is 296 g/mol. The molecule has 1 aromatic heterocycles. The van der Waals surface area contributed by atoms with E-state index in [9.17, 15) is 8.78 Å². The van der Waals surface area contributed by atoms with Crippen LogP contribution in [0.1, 0.15) is 25.7 Å². The van der Waals surface area contributed by atoms with Crippen molar-refractivity contribution < 1.29 is 17.9 Å². The van der Waals surface area contributed by atoms with Gasteiger partial charge in [-0.2, -0.15) is 8.78 Å². The predicted molar refractivity (Wildman–Crippen MR) is 76.4 cm³/mol. The minimum atomic E-state index is -3.51. The molecule has 4 nitrogen and oxygen atoms in total. The van der Waals surface area contributed by atoms with Gasteiger partial charge in [-0.3, -0.25) is 0 Å². The van der Waals surface area contributed by atoms with Crippen molar-refractivity contribution in [3.63, 3.8) is 0 Å². The van der Waals surface area contributed by atoms with Gasteiger partial charge in [0, 0.05) is 24.6 Å². The van der Waals surface area contributed by atoms with Gasteiger partial charge in [-0.05, 0) is 18.6 Å². The number of rotatable bonds is 7. The average Bonchev–Trinajstić information content (AvgIpc) is 2.85. The van der Waals surface area contributed by atoms with E-state index in [2.05, 4.69) is 23.2 Å². The topological polar surface area (TPSA) is 61.3 Å². The van der Waals surface area contributed by atoms with Gasteiger partial charge in [-0.25, -0.2) is 4.98 Å². The molecule has 0 atom stereocenters. The summed E-state index contributed by atoms with van der Waals surface area (Å²) >= 11 is 0. The molecule has 21 heavy (non-hydrogen) atoms. The van der Waals surface area contributed by atoms with Crippen molar-refractivity contribution >= 4 is 11.1 Å². The molecule has 1 heterocycles. The van der Waals surface area contributed by atoms with E-state index in [1.54, 1.807) is 6.07 Å². The number of ether oxygens (including phenoxy) is 1. The summed E-state index contributed by atoms with van der Waals surface area (Å²) in [7, 11) is 0. The average molecular weight is 296 g/mol. The SMILES string of the molecule is C=C(CN)C(F)(F)Oc1ccc2nc(CCCC)oc2c1. The van der Waals surface area contributed by atoms with Gasteiger partial charge in [0.05, 0.1) is 0 Å². The maximum Gasteiger partial charge on any atom is 0.423 e.